The molecule has 2 heteroatoms. The molecule has 3 rings (SSSR count). The molecule has 0 aromatic heterocycles. The molecule has 2 nitrogen and oxygen atoms in total. The smallest absolute Gasteiger partial charge is 0.228 e. The first-order valence-electron chi connectivity index (χ1n) is 6.91. The third-order valence-corrected chi connectivity index (χ3v) is 4.24. The highest BCUT2D eigenvalue weighted by Gasteiger charge is 2.49. The first kappa shape index (κ1) is 12.9. The van der Waals surface area contributed by atoms with Crippen LogP contribution in [0.4, 0.5) is 0 Å². The van der Waals surface area contributed by atoms with Gasteiger partial charge < -0.3 is 5.73 Å². The van der Waals surface area contributed by atoms with Crippen LogP contribution in [0.2, 0.25) is 0 Å². The van der Waals surface area contributed by atoms with Crippen molar-refractivity contribution in [2.24, 2.45) is 5.73 Å². The van der Waals surface area contributed by atoms with Gasteiger partial charge in [0.1, 0.15) is 0 Å². The molecule has 2 N–H and O–H groups in total. The van der Waals surface area contributed by atoms with Crippen LogP contribution in [0.15, 0.2) is 48.5 Å². The van der Waals surface area contributed by atoms with Crippen LogP contribution in [0.3, 0.4) is 0 Å². The molecule has 2 aromatic rings. The van der Waals surface area contributed by atoms with Crippen LogP contribution >= 0.6 is 0 Å². The van der Waals surface area contributed by atoms with Crippen molar-refractivity contribution in [2.75, 3.05) is 0 Å². The molecule has 0 atom stereocenters. The van der Waals surface area contributed by atoms with Crippen LogP contribution in [0.25, 0.3) is 0 Å². The molecule has 1 aliphatic carbocycles. The third kappa shape index (κ3) is 2.22. The number of benzene rings is 2. The van der Waals surface area contributed by atoms with E-state index in [9.17, 15) is 4.79 Å². The minimum Gasteiger partial charge on any atom is -0.369 e. The van der Waals surface area contributed by atoms with Gasteiger partial charge in [-0.05, 0) is 48.4 Å². The fourth-order valence-corrected chi connectivity index (χ4v) is 2.69. The van der Waals surface area contributed by atoms with Crippen LogP contribution in [0.5, 0.6) is 0 Å². The predicted molar refractivity (Wildman–Crippen MR) is 80.3 cm³/mol. The lowest BCUT2D eigenvalue weighted by atomic mass is 9.93. The highest BCUT2D eigenvalue weighted by molar-refractivity contribution is 5.89. The van der Waals surface area contributed by atoms with E-state index in [0.717, 1.165) is 30.4 Å². The topological polar surface area (TPSA) is 43.1 Å². The Morgan fingerprint density at radius 3 is 2.30 bits per heavy atom. The van der Waals surface area contributed by atoms with E-state index in [1.807, 2.05) is 30.3 Å². The maximum absolute atomic E-state index is 11.5. The van der Waals surface area contributed by atoms with Crippen molar-refractivity contribution < 1.29 is 4.79 Å². The molecule has 2 aromatic carbocycles. The Kier molecular flexibility index (Phi) is 3.09. The van der Waals surface area contributed by atoms with Gasteiger partial charge in [-0.1, -0.05) is 48.5 Å². The maximum atomic E-state index is 11.5. The number of amides is 1. The van der Waals surface area contributed by atoms with Gasteiger partial charge in [0.15, 0.2) is 0 Å². The first-order chi connectivity index (χ1) is 9.62. The number of primary amides is 1. The van der Waals surface area contributed by atoms with Crippen LogP contribution in [0, 0.1) is 6.92 Å². The number of rotatable bonds is 4. The number of nitrogens with two attached hydrogens (primary N) is 1. The highest BCUT2D eigenvalue weighted by atomic mass is 16.1. The SMILES string of the molecule is [CH2]c1ccccc1Cc1ccc(C2(C(N)=O)CC2)cc1. The molecule has 101 valence electrons. The number of carbonyl (C=O) groups excluding carboxylic acids is 1. The van der Waals surface area contributed by atoms with Crippen molar-refractivity contribution in [3.05, 3.63) is 77.7 Å². The van der Waals surface area contributed by atoms with Gasteiger partial charge in [-0.2, -0.15) is 0 Å². The lowest BCUT2D eigenvalue weighted by molar-refractivity contribution is -0.120. The van der Waals surface area contributed by atoms with Crippen LogP contribution in [-0.2, 0) is 16.6 Å². The molecule has 0 unspecified atom stereocenters. The Morgan fingerprint density at radius 2 is 1.75 bits per heavy atom. The second-order valence-electron chi connectivity index (χ2n) is 5.59. The third-order valence-electron chi connectivity index (χ3n) is 4.24. The summed E-state index contributed by atoms with van der Waals surface area (Å²) >= 11 is 0. The highest BCUT2D eigenvalue weighted by Crippen LogP contribution is 2.47. The maximum Gasteiger partial charge on any atom is 0.228 e. The molecule has 1 fully saturated rings. The molecular formula is C18H18NO. The second-order valence-corrected chi connectivity index (χ2v) is 5.59. The van der Waals surface area contributed by atoms with Crippen molar-refractivity contribution in [1.82, 2.24) is 0 Å². The Hall–Kier alpha value is -2.09. The quantitative estimate of drug-likeness (QED) is 0.906. The largest absolute Gasteiger partial charge is 0.369 e. The van der Waals surface area contributed by atoms with Gasteiger partial charge in [0, 0.05) is 0 Å². The van der Waals surface area contributed by atoms with Crippen LogP contribution in [0.1, 0.15) is 35.1 Å². The van der Waals surface area contributed by atoms with Crippen LogP contribution < -0.4 is 5.73 Å². The van der Waals surface area contributed by atoms with E-state index in [4.69, 9.17) is 5.73 Å². The molecule has 0 bridgehead atoms. The fraction of sp³-hybridized carbons (Fsp3) is 0.222. The zero-order valence-corrected chi connectivity index (χ0v) is 11.4. The summed E-state index contributed by atoms with van der Waals surface area (Å²) in [5.41, 5.74) is 9.69. The molecular weight excluding hydrogens is 246 g/mol. The molecule has 0 aliphatic heterocycles. The second kappa shape index (κ2) is 4.78. The fourth-order valence-electron chi connectivity index (χ4n) is 2.69. The molecule has 1 saturated carbocycles. The molecule has 0 heterocycles. The zero-order chi connectivity index (χ0) is 14.2. The van der Waals surface area contributed by atoms with Crippen molar-refractivity contribution >= 4 is 5.91 Å². The molecule has 20 heavy (non-hydrogen) atoms. The summed E-state index contributed by atoms with van der Waals surface area (Å²) in [7, 11) is 0. The van der Waals surface area contributed by atoms with E-state index >= 15 is 0 Å². The van der Waals surface area contributed by atoms with Crippen molar-refractivity contribution in [3.8, 4) is 0 Å². The summed E-state index contributed by atoms with van der Waals surface area (Å²) < 4.78 is 0. The summed E-state index contributed by atoms with van der Waals surface area (Å²) in [6.07, 6.45) is 2.62. The van der Waals surface area contributed by atoms with Crippen molar-refractivity contribution in [1.29, 1.82) is 0 Å². The van der Waals surface area contributed by atoms with E-state index in [1.165, 1.54) is 11.1 Å². The zero-order valence-electron chi connectivity index (χ0n) is 11.4. The Balaban J connectivity index is 1.81. The normalized spacial score (nSPS) is 15.8. The van der Waals surface area contributed by atoms with Gasteiger partial charge in [-0.25, -0.2) is 0 Å². The predicted octanol–water partition coefficient (Wildman–Crippen LogP) is 2.98. The number of carbonyl (C=O) groups is 1. The average Bonchev–Trinajstić information content (AvgIpc) is 3.24. The van der Waals surface area contributed by atoms with Gasteiger partial charge in [-0.15, -0.1) is 0 Å². The molecule has 0 saturated heterocycles. The minimum absolute atomic E-state index is 0.201. The standard InChI is InChI=1S/C18H18NO/c1-13-4-2-3-5-15(13)12-14-6-8-16(9-7-14)18(10-11-18)17(19)20/h2-9H,1,10-12H2,(H2,19,20). The van der Waals surface area contributed by atoms with Crippen molar-refractivity contribution in [3.63, 3.8) is 0 Å². The van der Waals surface area contributed by atoms with Crippen molar-refractivity contribution in [2.45, 2.75) is 24.7 Å². The van der Waals surface area contributed by atoms with E-state index in [0.29, 0.717) is 0 Å². The van der Waals surface area contributed by atoms with E-state index in [2.05, 4.69) is 25.1 Å². The summed E-state index contributed by atoms with van der Waals surface area (Å²) in [5.74, 6) is -0.201. The lowest BCUT2D eigenvalue weighted by Gasteiger charge is -2.12. The summed E-state index contributed by atoms with van der Waals surface area (Å²) in [6, 6.07) is 16.4. The average molecular weight is 264 g/mol. The van der Waals surface area contributed by atoms with Gasteiger partial charge in [0.2, 0.25) is 5.91 Å². The molecule has 0 spiro atoms. The number of hydrogen-bond acceptors (Lipinski definition) is 1. The Labute approximate surface area is 119 Å². The Bertz CT molecular complexity index is 639. The monoisotopic (exact) mass is 264 g/mol. The lowest BCUT2D eigenvalue weighted by Crippen LogP contribution is -2.28. The van der Waals surface area contributed by atoms with Gasteiger partial charge in [0.05, 0.1) is 5.41 Å². The van der Waals surface area contributed by atoms with Gasteiger partial charge in [0.25, 0.3) is 0 Å². The molecule has 1 amide bonds. The van der Waals surface area contributed by atoms with Gasteiger partial charge >= 0.3 is 0 Å². The van der Waals surface area contributed by atoms with Crippen LogP contribution in [-0.4, -0.2) is 5.91 Å². The van der Waals surface area contributed by atoms with Gasteiger partial charge in [-0.3, -0.25) is 4.79 Å². The van der Waals surface area contributed by atoms with E-state index < -0.39 is 0 Å². The van der Waals surface area contributed by atoms with E-state index in [1.54, 1.807) is 0 Å². The molecule has 1 radical (unpaired) electrons. The summed E-state index contributed by atoms with van der Waals surface area (Å²) in [5, 5.41) is 0. The number of hydrogen-bond donors (Lipinski definition) is 1. The minimum atomic E-state index is -0.386. The first-order valence-corrected chi connectivity index (χ1v) is 6.91. The Morgan fingerprint density at radius 1 is 1.10 bits per heavy atom. The summed E-state index contributed by atoms with van der Waals surface area (Å²) in [4.78, 5) is 11.5. The van der Waals surface area contributed by atoms with E-state index in [-0.39, 0.29) is 11.3 Å². The summed E-state index contributed by atoms with van der Waals surface area (Å²) in [6.45, 7) is 4.05. The molecule has 1 aliphatic rings.